The van der Waals surface area contributed by atoms with E-state index < -0.39 is 10.0 Å². The third-order valence-electron chi connectivity index (χ3n) is 6.17. The van der Waals surface area contributed by atoms with Gasteiger partial charge >= 0.3 is 0 Å². The summed E-state index contributed by atoms with van der Waals surface area (Å²) < 4.78 is 29.5. The zero-order valence-corrected chi connectivity index (χ0v) is 16.6. The summed E-state index contributed by atoms with van der Waals surface area (Å²) in [4.78, 5) is 14.3. The summed E-state index contributed by atoms with van der Waals surface area (Å²) in [5.74, 6) is -0.0111. The van der Waals surface area contributed by atoms with Crippen LogP contribution in [-0.2, 0) is 21.2 Å². The number of carbonyl (C=O) groups excluding carboxylic acids is 1. The number of hydrogen-bond donors (Lipinski definition) is 2. The van der Waals surface area contributed by atoms with Crippen LogP contribution >= 0.6 is 0 Å². The fraction of sp³-hybridized carbons (Fsp3) is 0.650. The fourth-order valence-electron chi connectivity index (χ4n) is 4.76. The number of fused-ring (bicyclic) bond motifs is 1. The maximum Gasteiger partial charge on any atom is 0.241 e. The van der Waals surface area contributed by atoms with E-state index in [9.17, 15) is 13.2 Å². The number of rotatable bonds is 5. The Morgan fingerprint density at radius 1 is 1.04 bits per heavy atom. The average molecular weight is 392 g/mol. The van der Waals surface area contributed by atoms with Crippen molar-refractivity contribution in [3.8, 4) is 0 Å². The SMILES string of the molecule is O=C1CCc2cc(S(=O)(=O)NC3(CN4CCCC4)CCCCC3)ccc2N1. The number of aryl methyl sites for hydroxylation is 1. The molecule has 1 saturated heterocycles. The molecule has 3 aliphatic rings. The van der Waals surface area contributed by atoms with Crippen molar-refractivity contribution in [2.75, 3.05) is 25.0 Å². The van der Waals surface area contributed by atoms with Crippen LogP contribution in [0.5, 0.6) is 0 Å². The molecule has 4 rings (SSSR count). The van der Waals surface area contributed by atoms with Crippen LogP contribution in [0.25, 0.3) is 0 Å². The summed E-state index contributed by atoms with van der Waals surface area (Å²) in [6.45, 7) is 2.96. The predicted molar refractivity (Wildman–Crippen MR) is 105 cm³/mol. The highest BCUT2D eigenvalue weighted by molar-refractivity contribution is 7.89. The van der Waals surface area contributed by atoms with Gasteiger partial charge in [-0.25, -0.2) is 13.1 Å². The first kappa shape index (κ1) is 18.9. The Labute approximate surface area is 161 Å². The van der Waals surface area contributed by atoms with Gasteiger partial charge in [0.15, 0.2) is 0 Å². The van der Waals surface area contributed by atoms with E-state index in [0.717, 1.165) is 56.6 Å². The Hall–Kier alpha value is -1.44. The molecule has 1 aromatic rings. The van der Waals surface area contributed by atoms with Gasteiger partial charge in [-0.2, -0.15) is 0 Å². The molecule has 1 amide bonds. The van der Waals surface area contributed by atoms with Crippen molar-refractivity contribution in [2.45, 2.75) is 68.2 Å². The van der Waals surface area contributed by atoms with Crippen LogP contribution in [0.3, 0.4) is 0 Å². The molecule has 2 fully saturated rings. The first-order valence-electron chi connectivity index (χ1n) is 10.2. The second kappa shape index (κ2) is 7.53. The van der Waals surface area contributed by atoms with Gasteiger partial charge in [-0.15, -0.1) is 0 Å². The summed E-state index contributed by atoms with van der Waals surface area (Å²) >= 11 is 0. The Balaban J connectivity index is 1.57. The van der Waals surface area contributed by atoms with Gasteiger partial charge in [0.2, 0.25) is 15.9 Å². The first-order chi connectivity index (χ1) is 13.0. The molecule has 0 unspecified atom stereocenters. The highest BCUT2D eigenvalue weighted by atomic mass is 32.2. The van der Waals surface area contributed by atoms with E-state index in [1.54, 1.807) is 18.2 Å². The van der Waals surface area contributed by atoms with Gasteiger partial charge in [0.25, 0.3) is 0 Å². The summed E-state index contributed by atoms with van der Waals surface area (Å²) in [7, 11) is -3.60. The van der Waals surface area contributed by atoms with Crippen molar-refractivity contribution in [3.63, 3.8) is 0 Å². The summed E-state index contributed by atoms with van der Waals surface area (Å²) in [5.41, 5.74) is 1.27. The van der Waals surface area contributed by atoms with Crippen molar-refractivity contribution in [3.05, 3.63) is 23.8 Å². The average Bonchev–Trinajstić information content (AvgIpc) is 3.14. The first-order valence-corrected chi connectivity index (χ1v) is 11.6. The molecule has 1 aromatic carbocycles. The normalized spacial score (nSPS) is 23.0. The van der Waals surface area contributed by atoms with Gasteiger partial charge in [0, 0.05) is 24.2 Å². The molecule has 2 aliphatic heterocycles. The second-order valence-corrected chi connectivity index (χ2v) is 9.98. The number of sulfonamides is 1. The molecule has 0 aromatic heterocycles. The maximum atomic E-state index is 13.2. The lowest BCUT2D eigenvalue weighted by molar-refractivity contribution is -0.116. The van der Waals surface area contributed by atoms with Gasteiger partial charge in [-0.05, 0) is 69.0 Å². The van der Waals surface area contributed by atoms with Crippen LogP contribution in [0.4, 0.5) is 5.69 Å². The van der Waals surface area contributed by atoms with Gasteiger partial charge in [-0.1, -0.05) is 19.3 Å². The van der Waals surface area contributed by atoms with Crippen molar-refractivity contribution < 1.29 is 13.2 Å². The monoisotopic (exact) mass is 391 g/mol. The Morgan fingerprint density at radius 3 is 2.52 bits per heavy atom. The summed E-state index contributed by atoms with van der Waals surface area (Å²) in [6, 6.07) is 5.05. The molecule has 148 valence electrons. The highest BCUT2D eigenvalue weighted by Gasteiger charge is 2.38. The van der Waals surface area contributed by atoms with E-state index in [2.05, 4.69) is 14.9 Å². The van der Waals surface area contributed by atoms with E-state index in [1.165, 1.54) is 19.3 Å². The molecule has 27 heavy (non-hydrogen) atoms. The van der Waals surface area contributed by atoms with Crippen LogP contribution in [0.1, 0.15) is 56.9 Å². The Kier molecular flexibility index (Phi) is 5.27. The lowest BCUT2D eigenvalue weighted by atomic mass is 9.82. The number of nitrogens with zero attached hydrogens (tertiary/aromatic N) is 1. The van der Waals surface area contributed by atoms with Gasteiger partial charge in [0.1, 0.15) is 0 Å². The lowest BCUT2D eigenvalue weighted by Gasteiger charge is -2.40. The molecule has 0 atom stereocenters. The van der Waals surface area contributed by atoms with E-state index in [0.29, 0.717) is 17.7 Å². The third-order valence-corrected chi connectivity index (χ3v) is 7.75. The summed E-state index contributed by atoms with van der Waals surface area (Å²) in [6.07, 6.45) is 8.56. The van der Waals surface area contributed by atoms with E-state index >= 15 is 0 Å². The number of anilines is 1. The Bertz CT molecular complexity index is 810. The van der Waals surface area contributed by atoms with Crippen molar-refractivity contribution >= 4 is 21.6 Å². The third kappa shape index (κ3) is 4.20. The molecule has 0 radical (unpaired) electrons. The number of carbonyl (C=O) groups is 1. The smallest absolute Gasteiger partial charge is 0.241 e. The molecule has 0 bridgehead atoms. The number of benzene rings is 1. The van der Waals surface area contributed by atoms with Crippen LogP contribution in [-0.4, -0.2) is 44.4 Å². The molecule has 1 aliphatic carbocycles. The molecule has 1 saturated carbocycles. The molecule has 2 N–H and O–H groups in total. The molecular formula is C20H29N3O3S. The minimum absolute atomic E-state index is 0.0111. The zero-order valence-electron chi connectivity index (χ0n) is 15.8. The van der Waals surface area contributed by atoms with Crippen LogP contribution in [0.15, 0.2) is 23.1 Å². The van der Waals surface area contributed by atoms with Crippen LogP contribution in [0.2, 0.25) is 0 Å². The van der Waals surface area contributed by atoms with E-state index in [1.807, 2.05) is 0 Å². The van der Waals surface area contributed by atoms with E-state index in [-0.39, 0.29) is 11.4 Å². The molecule has 6 nitrogen and oxygen atoms in total. The summed E-state index contributed by atoms with van der Waals surface area (Å²) in [5, 5.41) is 2.81. The van der Waals surface area contributed by atoms with Gasteiger partial charge < -0.3 is 10.2 Å². The molecule has 7 heteroatoms. The van der Waals surface area contributed by atoms with Crippen LogP contribution < -0.4 is 10.0 Å². The number of nitrogens with one attached hydrogen (secondary N) is 2. The van der Waals surface area contributed by atoms with Gasteiger partial charge in [0.05, 0.1) is 4.90 Å². The van der Waals surface area contributed by atoms with Crippen molar-refractivity contribution in [1.29, 1.82) is 0 Å². The quantitative estimate of drug-likeness (QED) is 0.809. The number of hydrogen-bond acceptors (Lipinski definition) is 4. The molecular weight excluding hydrogens is 362 g/mol. The minimum Gasteiger partial charge on any atom is -0.326 e. The standard InChI is InChI=1S/C20H29N3O3S/c24-19-9-6-16-14-17(7-8-18(16)21-19)27(25,26)22-20(10-2-1-3-11-20)15-23-12-4-5-13-23/h7-8,14,22H,1-6,9-13,15H2,(H,21,24). The highest BCUT2D eigenvalue weighted by Crippen LogP contribution is 2.33. The minimum atomic E-state index is -3.60. The van der Waals surface area contributed by atoms with Crippen molar-refractivity contribution in [1.82, 2.24) is 9.62 Å². The second-order valence-electron chi connectivity index (χ2n) is 8.30. The largest absolute Gasteiger partial charge is 0.326 e. The van der Waals surface area contributed by atoms with E-state index in [4.69, 9.17) is 0 Å². The number of likely N-dealkylation sites (tertiary alicyclic amines) is 1. The Morgan fingerprint density at radius 2 is 1.78 bits per heavy atom. The van der Waals surface area contributed by atoms with Crippen molar-refractivity contribution in [2.24, 2.45) is 0 Å². The number of amides is 1. The molecule has 0 spiro atoms. The lowest BCUT2D eigenvalue weighted by Crippen LogP contribution is -2.56. The fourth-order valence-corrected chi connectivity index (χ4v) is 6.26. The van der Waals surface area contributed by atoms with Crippen LogP contribution in [0, 0.1) is 0 Å². The predicted octanol–water partition coefficient (Wildman–Crippen LogP) is 2.65. The molecule has 2 heterocycles. The topological polar surface area (TPSA) is 78.5 Å². The maximum absolute atomic E-state index is 13.2. The van der Waals surface area contributed by atoms with Gasteiger partial charge in [-0.3, -0.25) is 4.79 Å². The zero-order chi connectivity index (χ0) is 18.9.